The molecule has 1 aliphatic heterocycles. The third-order valence-electron chi connectivity index (χ3n) is 4.50. The smallest absolute Gasteiger partial charge is 0.355 e. The summed E-state index contributed by atoms with van der Waals surface area (Å²) in [5, 5.41) is 0. The van der Waals surface area contributed by atoms with E-state index in [9.17, 15) is 9.59 Å². The number of nitrogens with one attached hydrogen (secondary N) is 1. The molecule has 0 aliphatic carbocycles. The first-order valence-electron chi connectivity index (χ1n) is 8.87. The SMILES string of the molecule is CCOC(=O)c1[nH]c(C)c(C(=O)CN(C)Cc2ccc3c(c2)OCO3)c1C. The van der Waals surface area contributed by atoms with Crippen LogP contribution < -0.4 is 9.47 Å². The van der Waals surface area contributed by atoms with Gasteiger partial charge in [-0.3, -0.25) is 9.69 Å². The first-order chi connectivity index (χ1) is 12.9. The highest BCUT2D eigenvalue weighted by Gasteiger charge is 2.23. The van der Waals surface area contributed by atoms with Gasteiger partial charge in [-0.25, -0.2) is 4.79 Å². The number of nitrogens with zero attached hydrogens (tertiary/aromatic N) is 1. The quantitative estimate of drug-likeness (QED) is 0.595. The summed E-state index contributed by atoms with van der Waals surface area (Å²) in [6.07, 6.45) is 0. The van der Waals surface area contributed by atoms with Gasteiger partial charge in [0.1, 0.15) is 5.69 Å². The van der Waals surface area contributed by atoms with E-state index >= 15 is 0 Å². The minimum Gasteiger partial charge on any atom is -0.461 e. The van der Waals surface area contributed by atoms with Crippen molar-refractivity contribution in [1.82, 2.24) is 9.88 Å². The van der Waals surface area contributed by atoms with Crippen LogP contribution in [-0.4, -0.2) is 48.6 Å². The molecule has 0 fully saturated rings. The Morgan fingerprint density at radius 3 is 2.70 bits per heavy atom. The lowest BCUT2D eigenvalue weighted by Gasteiger charge is -2.16. The van der Waals surface area contributed by atoms with Crippen molar-refractivity contribution < 1.29 is 23.8 Å². The molecule has 0 saturated carbocycles. The first-order valence-corrected chi connectivity index (χ1v) is 8.87. The lowest BCUT2D eigenvalue weighted by molar-refractivity contribution is 0.0519. The zero-order valence-electron chi connectivity index (χ0n) is 16.0. The van der Waals surface area contributed by atoms with Crippen LogP contribution in [0.15, 0.2) is 18.2 Å². The average molecular weight is 372 g/mol. The van der Waals surface area contributed by atoms with E-state index in [0.717, 1.165) is 17.1 Å². The van der Waals surface area contributed by atoms with Crippen molar-refractivity contribution in [2.45, 2.75) is 27.3 Å². The fourth-order valence-corrected chi connectivity index (χ4v) is 3.31. The van der Waals surface area contributed by atoms with E-state index in [1.165, 1.54) is 0 Å². The number of ether oxygens (including phenoxy) is 3. The summed E-state index contributed by atoms with van der Waals surface area (Å²) in [6, 6.07) is 5.76. The summed E-state index contributed by atoms with van der Waals surface area (Å²) in [6.45, 7) is 6.66. The standard InChI is InChI=1S/C20H24N2O5/c1-5-25-20(24)19-12(2)18(13(3)21-19)15(23)10-22(4)9-14-6-7-16-17(8-14)27-11-26-16/h6-8,21H,5,9-11H2,1-4H3. The van der Waals surface area contributed by atoms with Crippen LogP contribution in [0.2, 0.25) is 0 Å². The van der Waals surface area contributed by atoms with Crippen LogP contribution in [0.3, 0.4) is 0 Å². The van der Waals surface area contributed by atoms with Gasteiger partial charge in [-0.2, -0.15) is 0 Å². The average Bonchev–Trinajstić information content (AvgIpc) is 3.18. The third kappa shape index (κ3) is 3.98. The fraction of sp³-hybridized carbons (Fsp3) is 0.400. The van der Waals surface area contributed by atoms with Gasteiger partial charge < -0.3 is 19.2 Å². The molecule has 0 unspecified atom stereocenters. The predicted octanol–water partition coefficient (Wildman–Crippen LogP) is 2.85. The third-order valence-corrected chi connectivity index (χ3v) is 4.50. The van der Waals surface area contributed by atoms with Gasteiger partial charge in [0.25, 0.3) is 0 Å². The topological polar surface area (TPSA) is 80.9 Å². The Balaban J connectivity index is 1.69. The maximum Gasteiger partial charge on any atom is 0.355 e. The number of hydrogen-bond acceptors (Lipinski definition) is 6. The Kier molecular flexibility index (Phi) is 5.51. The van der Waals surface area contributed by atoms with Gasteiger partial charge in [0.2, 0.25) is 6.79 Å². The number of ketones is 1. The molecule has 0 spiro atoms. The van der Waals surface area contributed by atoms with Crippen molar-refractivity contribution >= 4 is 11.8 Å². The second kappa shape index (κ2) is 7.84. The summed E-state index contributed by atoms with van der Waals surface area (Å²) in [7, 11) is 1.88. The zero-order valence-corrected chi connectivity index (χ0v) is 16.0. The molecular formula is C20H24N2O5. The van der Waals surface area contributed by atoms with Crippen molar-refractivity contribution in [3.05, 3.63) is 46.3 Å². The highest BCUT2D eigenvalue weighted by molar-refractivity contribution is 6.03. The minimum atomic E-state index is -0.439. The van der Waals surface area contributed by atoms with E-state index in [1.54, 1.807) is 20.8 Å². The van der Waals surface area contributed by atoms with Gasteiger partial charge in [0.15, 0.2) is 17.3 Å². The van der Waals surface area contributed by atoms with E-state index in [-0.39, 0.29) is 25.7 Å². The fourth-order valence-electron chi connectivity index (χ4n) is 3.31. The van der Waals surface area contributed by atoms with E-state index in [2.05, 4.69) is 4.98 Å². The molecule has 2 heterocycles. The Bertz CT molecular complexity index is 871. The van der Waals surface area contributed by atoms with Gasteiger partial charge in [-0.05, 0) is 51.1 Å². The molecule has 1 aromatic carbocycles. The van der Waals surface area contributed by atoms with Gasteiger partial charge in [0.05, 0.1) is 13.2 Å². The monoisotopic (exact) mass is 372 g/mol. The van der Waals surface area contributed by atoms with Gasteiger partial charge in [-0.1, -0.05) is 6.07 Å². The molecule has 2 aromatic rings. The predicted molar refractivity (Wildman–Crippen MR) is 99.5 cm³/mol. The number of rotatable bonds is 7. The number of hydrogen-bond donors (Lipinski definition) is 1. The molecule has 144 valence electrons. The molecule has 0 bridgehead atoms. The van der Waals surface area contributed by atoms with E-state index in [0.29, 0.717) is 29.1 Å². The number of fused-ring (bicyclic) bond motifs is 1. The number of aromatic amines is 1. The summed E-state index contributed by atoms with van der Waals surface area (Å²) in [4.78, 5) is 29.7. The van der Waals surface area contributed by atoms with Gasteiger partial charge in [0, 0.05) is 17.8 Å². The molecule has 0 amide bonds. The summed E-state index contributed by atoms with van der Waals surface area (Å²) < 4.78 is 15.7. The van der Waals surface area contributed by atoms with Crippen molar-refractivity contribution in [2.75, 3.05) is 27.0 Å². The number of H-pyrrole nitrogens is 1. The normalized spacial score (nSPS) is 12.5. The Morgan fingerprint density at radius 2 is 1.96 bits per heavy atom. The first kappa shape index (κ1) is 19.0. The Hall–Kier alpha value is -2.80. The van der Waals surface area contributed by atoms with Crippen molar-refractivity contribution in [3.8, 4) is 11.5 Å². The molecular weight excluding hydrogens is 348 g/mol. The van der Waals surface area contributed by atoms with Crippen LogP contribution in [0.5, 0.6) is 11.5 Å². The number of likely N-dealkylation sites (N-methyl/N-ethyl adjacent to an activating group) is 1. The van der Waals surface area contributed by atoms with Gasteiger partial charge >= 0.3 is 5.97 Å². The van der Waals surface area contributed by atoms with Crippen LogP contribution >= 0.6 is 0 Å². The minimum absolute atomic E-state index is 0.0416. The molecule has 3 rings (SSSR count). The molecule has 0 radical (unpaired) electrons. The van der Waals surface area contributed by atoms with Crippen LogP contribution in [-0.2, 0) is 11.3 Å². The number of Topliss-reactive ketones (excluding diaryl/α,β-unsaturated/α-hetero) is 1. The van der Waals surface area contributed by atoms with Crippen molar-refractivity contribution in [1.29, 1.82) is 0 Å². The largest absolute Gasteiger partial charge is 0.461 e. The molecule has 1 aromatic heterocycles. The second-order valence-electron chi connectivity index (χ2n) is 6.63. The van der Waals surface area contributed by atoms with E-state index < -0.39 is 5.97 Å². The maximum absolute atomic E-state index is 12.8. The molecule has 27 heavy (non-hydrogen) atoms. The molecule has 7 nitrogen and oxygen atoms in total. The summed E-state index contributed by atoms with van der Waals surface area (Å²) in [5.41, 5.74) is 3.24. The lowest BCUT2D eigenvalue weighted by Crippen LogP contribution is -2.26. The zero-order chi connectivity index (χ0) is 19.6. The van der Waals surface area contributed by atoms with Crippen LogP contribution in [0.4, 0.5) is 0 Å². The van der Waals surface area contributed by atoms with Crippen LogP contribution in [0.25, 0.3) is 0 Å². The molecule has 1 aliphatic rings. The van der Waals surface area contributed by atoms with Crippen LogP contribution in [0, 0.1) is 13.8 Å². The number of esters is 1. The van der Waals surface area contributed by atoms with E-state index in [1.807, 2.05) is 30.1 Å². The van der Waals surface area contributed by atoms with Crippen molar-refractivity contribution in [2.24, 2.45) is 0 Å². The number of benzene rings is 1. The Morgan fingerprint density at radius 1 is 1.22 bits per heavy atom. The molecule has 1 N–H and O–H groups in total. The number of carbonyl (C=O) groups excluding carboxylic acids is 2. The number of carbonyl (C=O) groups is 2. The van der Waals surface area contributed by atoms with Crippen LogP contribution in [0.1, 0.15) is 44.6 Å². The number of aryl methyl sites for hydroxylation is 1. The summed E-state index contributed by atoms with van der Waals surface area (Å²) >= 11 is 0. The Labute approximate surface area is 158 Å². The maximum atomic E-state index is 12.8. The van der Waals surface area contributed by atoms with Gasteiger partial charge in [-0.15, -0.1) is 0 Å². The van der Waals surface area contributed by atoms with E-state index in [4.69, 9.17) is 14.2 Å². The molecule has 0 saturated heterocycles. The molecule has 0 atom stereocenters. The lowest BCUT2D eigenvalue weighted by atomic mass is 10.1. The van der Waals surface area contributed by atoms with Crippen molar-refractivity contribution in [3.63, 3.8) is 0 Å². The second-order valence-corrected chi connectivity index (χ2v) is 6.63. The highest BCUT2D eigenvalue weighted by Crippen LogP contribution is 2.32. The number of aromatic nitrogens is 1. The summed E-state index contributed by atoms with van der Waals surface area (Å²) in [5.74, 6) is 0.983. The highest BCUT2D eigenvalue weighted by atomic mass is 16.7. The molecule has 7 heteroatoms.